The molecule has 2 N–H and O–H groups in total. The molecule has 0 aromatic heterocycles. The summed E-state index contributed by atoms with van der Waals surface area (Å²) in [6, 6.07) is 16.0. The molecule has 6 nitrogen and oxygen atoms in total. The van der Waals surface area contributed by atoms with Gasteiger partial charge in [0.1, 0.15) is 11.5 Å². The van der Waals surface area contributed by atoms with Crippen molar-refractivity contribution in [1.82, 2.24) is 0 Å². The number of carbonyl (C=O) groups excluding carboxylic acids is 1. The molecule has 0 bridgehead atoms. The van der Waals surface area contributed by atoms with Crippen LogP contribution in [0.3, 0.4) is 0 Å². The van der Waals surface area contributed by atoms with E-state index in [4.69, 9.17) is 4.74 Å². The Morgan fingerprint density at radius 2 is 1.92 bits per heavy atom. The van der Waals surface area contributed by atoms with Crippen LogP contribution in [0, 0.1) is 4.91 Å². The minimum atomic E-state index is -0.737. The van der Waals surface area contributed by atoms with Gasteiger partial charge in [-0.05, 0) is 41.4 Å². The van der Waals surface area contributed by atoms with Crippen LogP contribution in [-0.4, -0.2) is 18.1 Å². The molecule has 0 unspecified atom stereocenters. The fraction of sp³-hybridized carbons (Fsp3) is 0.167. The number of carbonyl (C=O) groups is 1. The van der Waals surface area contributed by atoms with E-state index in [9.17, 15) is 14.8 Å². The molecule has 0 atom stereocenters. The normalized spacial score (nSPS) is 11.4. The Balaban J connectivity index is 2.05. The number of amides is 1. The van der Waals surface area contributed by atoms with Gasteiger partial charge in [-0.2, -0.15) is 0 Å². The van der Waals surface area contributed by atoms with Crippen molar-refractivity contribution in [2.75, 3.05) is 12.4 Å². The number of nitrogens with one attached hydrogen (secondary N) is 1. The molecular weight excluding hydrogens is 308 g/mol. The molecule has 1 amide bonds. The summed E-state index contributed by atoms with van der Waals surface area (Å²) < 4.78 is 5.13. The quantitative estimate of drug-likeness (QED) is 0.460. The third-order valence-electron chi connectivity index (χ3n) is 3.40. The number of hydrogen-bond donors (Lipinski definition) is 2. The number of rotatable bonds is 7. The molecule has 0 radical (unpaired) electrons. The third kappa shape index (κ3) is 4.67. The van der Waals surface area contributed by atoms with Crippen LogP contribution in [0.4, 0.5) is 5.69 Å². The van der Waals surface area contributed by atoms with E-state index in [1.54, 1.807) is 37.4 Å². The Labute approximate surface area is 139 Å². The van der Waals surface area contributed by atoms with Gasteiger partial charge in [-0.25, -0.2) is 0 Å². The molecule has 0 spiro atoms. The lowest BCUT2D eigenvalue weighted by molar-refractivity contribution is -0.113. The van der Waals surface area contributed by atoms with Gasteiger partial charge in [0.25, 0.3) is 5.91 Å². The van der Waals surface area contributed by atoms with E-state index in [1.165, 1.54) is 0 Å². The summed E-state index contributed by atoms with van der Waals surface area (Å²) in [7, 11) is 1.57. The van der Waals surface area contributed by atoms with Crippen molar-refractivity contribution in [2.24, 2.45) is 5.18 Å². The third-order valence-corrected chi connectivity index (χ3v) is 3.40. The highest BCUT2D eigenvalue weighted by molar-refractivity contribution is 6.03. The van der Waals surface area contributed by atoms with Crippen molar-refractivity contribution in [3.8, 4) is 5.75 Å². The molecular formula is C18H18N2O4. The van der Waals surface area contributed by atoms with Gasteiger partial charge in [-0.1, -0.05) is 30.3 Å². The van der Waals surface area contributed by atoms with Gasteiger partial charge in [0.15, 0.2) is 0 Å². The molecule has 24 heavy (non-hydrogen) atoms. The van der Waals surface area contributed by atoms with Crippen molar-refractivity contribution in [1.29, 1.82) is 0 Å². The standard InChI is InChI=1S/C18H18N2O4/c1-24-15-9-5-6-13(12-15)10-11-16(21)17(20-23)18(22)19-14-7-3-2-4-8-14/h2-9,12,21H,10-11H2,1H3,(H,19,22). The lowest BCUT2D eigenvalue weighted by Gasteiger charge is -2.07. The summed E-state index contributed by atoms with van der Waals surface area (Å²) in [6.07, 6.45) is 0.567. The monoisotopic (exact) mass is 326 g/mol. The molecule has 0 saturated heterocycles. The van der Waals surface area contributed by atoms with Gasteiger partial charge in [0.2, 0.25) is 5.70 Å². The minimum absolute atomic E-state index is 0.121. The first-order chi connectivity index (χ1) is 11.6. The molecule has 0 fully saturated rings. The summed E-state index contributed by atoms with van der Waals surface area (Å²) in [5.74, 6) is -0.382. The molecule has 2 aromatic rings. The zero-order valence-electron chi connectivity index (χ0n) is 13.2. The zero-order valence-corrected chi connectivity index (χ0v) is 13.2. The number of aryl methyl sites for hydroxylation is 1. The average molecular weight is 326 g/mol. The number of nitroso groups, excluding NO2 is 1. The second kappa shape index (κ2) is 8.47. The average Bonchev–Trinajstić information content (AvgIpc) is 2.61. The summed E-state index contributed by atoms with van der Waals surface area (Å²) in [5, 5.41) is 15.2. The highest BCUT2D eigenvalue weighted by Crippen LogP contribution is 2.18. The summed E-state index contributed by atoms with van der Waals surface area (Å²) in [5.41, 5.74) is 0.917. The van der Waals surface area contributed by atoms with Crippen molar-refractivity contribution in [3.05, 3.63) is 76.5 Å². The second-order valence-electron chi connectivity index (χ2n) is 5.06. The lowest BCUT2D eigenvalue weighted by Crippen LogP contribution is -2.15. The van der Waals surface area contributed by atoms with Crippen LogP contribution in [0.15, 0.2) is 71.2 Å². The minimum Gasteiger partial charge on any atom is -0.510 e. The van der Waals surface area contributed by atoms with E-state index in [-0.39, 0.29) is 12.2 Å². The number of benzene rings is 2. The smallest absolute Gasteiger partial charge is 0.281 e. The Morgan fingerprint density at radius 3 is 2.58 bits per heavy atom. The second-order valence-corrected chi connectivity index (χ2v) is 5.06. The summed E-state index contributed by atoms with van der Waals surface area (Å²) in [4.78, 5) is 23.0. The van der Waals surface area contributed by atoms with Crippen LogP contribution in [0.2, 0.25) is 0 Å². The summed E-state index contributed by atoms with van der Waals surface area (Å²) >= 11 is 0. The maximum Gasteiger partial charge on any atom is 0.281 e. The van der Waals surface area contributed by atoms with E-state index in [2.05, 4.69) is 10.5 Å². The number of nitrogens with zero attached hydrogens (tertiary/aromatic N) is 1. The van der Waals surface area contributed by atoms with E-state index in [0.717, 1.165) is 5.56 Å². The fourth-order valence-corrected chi connectivity index (χ4v) is 2.15. The topological polar surface area (TPSA) is 88.0 Å². The van der Waals surface area contributed by atoms with Crippen LogP contribution in [0.5, 0.6) is 5.75 Å². The highest BCUT2D eigenvalue weighted by atomic mass is 16.5. The fourth-order valence-electron chi connectivity index (χ4n) is 2.15. The van der Waals surface area contributed by atoms with Gasteiger partial charge in [0.05, 0.1) is 7.11 Å². The lowest BCUT2D eigenvalue weighted by atomic mass is 10.1. The van der Waals surface area contributed by atoms with Gasteiger partial charge in [-0.15, -0.1) is 4.91 Å². The maximum atomic E-state index is 12.1. The Hall–Kier alpha value is -3.15. The number of hydrogen-bond acceptors (Lipinski definition) is 5. The van der Waals surface area contributed by atoms with Gasteiger partial charge in [-0.3, -0.25) is 4.79 Å². The van der Waals surface area contributed by atoms with Crippen molar-refractivity contribution in [3.63, 3.8) is 0 Å². The van der Waals surface area contributed by atoms with Crippen LogP contribution >= 0.6 is 0 Å². The van der Waals surface area contributed by atoms with E-state index < -0.39 is 11.6 Å². The molecule has 124 valence electrons. The van der Waals surface area contributed by atoms with Crippen LogP contribution in [0.25, 0.3) is 0 Å². The number of methoxy groups -OCH3 is 1. The molecule has 0 heterocycles. The van der Waals surface area contributed by atoms with E-state index in [1.807, 2.05) is 24.3 Å². The van der Waals surface area contributed by atoms with E-state index >= 15 is 0 Å². The zero-order chi connectivity index (χ0) is 17.4. The molecule has 2 rings (SSSR count). The number of allylic oxidation sites excluding steroid dienone is 1. The first-order valence-corrected chi connectivity index (χ1v) is 7.39. The molecule has 0 saturated carbocycles. The molecule has 0 aliphatic rings. The SMILES string of the molecule is COc1cccc(CCC(O)=C(N=O)C(=O)Nc2ccccc2)c1. The number of aliphatic hydroxyl groups excluding tert-OH is 1. The van der Waals surface area contributed by atoms with Crippen molar-refractivity contribution >= 4 is 11.6 Å². The van der Waals surface area contributed by atoms with Gasteiger partial charge >= 0.3 is 0 Å². The molecule has 0 aliphatic heterocycles. The van der Waals surface area contributed by atoms with Crippen molar-refractivity contribution in [2.45, 2.75) is 12.8 Å². The number of ether oxygens (including phenoxy) is 1. The number of anilines is 1. The van der Waals surface area contributed by atoms with Crippen molar-refractivity contribution < 1.29 is 14.6 Å². The highest BCUT2D eigenvalue weighted by Gasteiger charge is 2.16. The summed E-state index contributed by atoms with van der Waals surface area (Å²) in [6.45, 7) is 0. The van der Waals surface area contributed by atoms with Crippen LogP contribution in [0.1, 0.15) is 12.0 Å². The van der Waals surface area contributed by atoms with Crippen LogP contribution < -0.4 is 10.1 Å². The van der Waals surface area contributed by atoms with Crippen LogP contribution in [-0.2, 0) is 11.2 Å². The molecule has 6 heteroatoms. The predicted molar refractivity (Wildman–Crippen MR) is 91.8 cm³/mol. The molecule has 0 aliphatic carbocycles. The Morgan fingerprint density at radius 1 is 1.17 bits per heavy atom. The van der Waals surface area contributed by atoms with E-state index in [0.29, 0.717) is 17.9 Å². The molecule has 2 aromatic carbocycles. The Bertz CT molecular complexity index is 742. The number of aliphatic hydroxyl groups is 1. The largest absolute Gasteiger partial charge is 0.510 e. The Kier molecular flexibility index (Phi) is 6.08. The predicted octanol–water partition coefficient (Wildman–Crippen LogP) is 3.80. The maximum absolute atomic E-state index is 12.1. The van der Waals surface area contributed by atoms with Gasteiger partial charge < -0.3 is 15.2 Å². The first-order valence-electron chi connectivity index (χ1n) is 7.39. The number of para-hydroxylation sites is 1. The van der Waals surface area contributed by atoms with Gasteiger partial charge in [0, 0.05) is 12.1 Å². The first kappa shape index (κ1) is 17.2.